The van der Waals surface area contributed by atoms with Crippen molar-refractivity contribution in [1.82, 2.24) is 10.2 Å². The van der Waals surface area contributed by atoms with Crippen LogP contribution in [0.25, 0.3) is 0 Å². The van der Waals surface area contributed by atoms with E-state index in [1.54, 1.807) is 0 Å². The SMILES string of the molecule is Cl.O=C(C1CCCOC1)N(CC1CCCN1)C1CC1. The minimum Gasteiger partial charge on any atom is -0.381 e. The highest BCUT2D eigenvalue weighted by atomic mass is 35.5. The fourth-order valence-corrected chi connectivity index (χ4v) is 3.13. The molecule has 1 saturated carbocycles. The van der Waals surface area contributed by atoms with Crippen molar-refractivity contribution in [2.24, 2.45) is 5.92 Å². The highest BCUT2D eigenvalue weighted by molar-refractivity contribution is 5.85. The summed E-state index contributed by atoms with van der Waals surface area (Å²) in [4.78, 5) is 14.7. The lowest BCUT2D eigenvalue weighted by molar-refractivity contribution is -0.140. The Kier molecular flexibility index (Phi) is 5.48. The summed E-state index contributed by atoms with van der Waals surface area (Å²) in [5, 5.41) is 3.50. The molecule has 0 aromatic rings. The summed E-state index contributed by atoms with van der Waals surface area (Å²) in [7, 11) is 0. The van der Waals surface area contributed by atoms with Crippen LogP contribution in [0.3, 0.4) is 0 Å². The molecule has 0 aromatic carbocycles. The molecular formula is C14H25ClN2O2. The molecule has 1 aliphatic carbocycles. The van der Waals surface area contributed by atoms with Crippen LogP contribution in [0.2, 0.25) is 0 Å². The Bertz CT molecular complexity index is 298. The zero-order chi connectivity index (χ0) is 12.4. The van der Waals surface area contributed by atoms with Crippen molar-refractivity contribution in [3.8, 4) is 0 Å². The molecule has 0 bridgehead atoms. The number of halogens is 1. The lowest BCUT2D eigenvalue weighted by atomic mass is 10.00. The summed E-state index contributed by atoms with van der Waals surface area (Å²) in [5.41, 5.74) is 0. The minimum atomic E-state index is 0. The second kappa shape index (κ2) is 6.91. The van der Waals surface area contributed by atoms with Gasteiger partial charge in [-0.25, -0.2) is 0 Å². The Morgan fingerprint density at radius 2 is 2.05 bits per heavy atom. The summed E-state index contributed by atoms with van der Waals surface area (Å²) >= 11 is 0. The minimum absolute atomic E-state index is 0. The van der Waals surface area contributed by atoms with Gasteiger partial charge in [0.2, 0.25) is 5.91 Å². The van der Waals surface area contributed by atoms with Crippen molar-refractivity contribution in [3.05, 3.63) is 0 Å². The Labute approximate surface area is 121 Å². The monoisotopic (exact) mass is 288 g/mol. The first kappa shape index (κ1) is 15.1. The van der Waals surface area contributed by atoms with Crippen LogP contribution in [0.4, 0.5) is 0 Å². The Morgan fingerprint density at radius 3 is 2.63 bits per heavy atom. The molecule has 1 amide bonds. The predicted molar refractivity (Wildman–Crippen MR) is 76.6 cm³/mol. The third-order valence-electron chi connectivity index (χ3n) is 4.36. The van der Waals surface area contributed by atoms with Crippen molar-refractivity contribution in [2.45, 2.75) is 50.6 Å². The fraction of sp³-hybridized carbons (Fsp3) is 0.929. The van der Waals surface area contributed by atoms with Crippen LogP contribution < -0.4 is 5.32 Å². The predicted octanol–water partition coefficient (Wildman–Crippen LogP) is 1.58. The maximum Gasteiger partial charge on any atom is 0.228 e. The largest absolute Gasteiger partial charge is 0.381 e. The van der Waals surface area contributed by atoms with Crippen LogP contribution in [-0.4, -0.2) is 49.2 Å². The first-order valence-electron chi connectivity index (χ1n) is 7.46. The number of hydrogen-bond donors (Lipinski definition) is 1. The van der Waals surface area contributed by atoms with E-state index in [9.17, 15) is 4.79 Å². The first-order valence-corrected chi connectivity index (χ1v) is 7.46. The van der Waals surface area contributed by atoms with Crippen LogP contribution >= 0.6 is 12.4 Å². The molecule has 3 rings (SSSR count). The van der Waals surface area contributed by atoms with Gasteiger partial charge in [-0.1, -0.05) is 0 Å². The van der Waals surface area contributed by atoms with Crippen molar-refractivity contribution in [2.75, 3.05) is 26.3 Å². The van der Waals surface area contributed by atoms with E-state index < -0.39 is 0 Å². The number of carbonyl (C=O) groups is 1. The number of rotatable bonds is 4. The van der Waals surface area contributed by atoms with Gasteiger partial charge in [-0.05, 0) is 45.1 Å². The molecule has 5 heteroatoms. The highest BCUT2D eigenvalue weighted by Crippen LogP contribution is 2.30. The van der Waals surface area contributed by atoms with Gasteiger partial charge in [0, 0.05) is 25.2 Å². The van der Waals surface area contributed by atoms with Gasteiger partial charge in [0.1, 0.15) is 0 Å². The summed E-state index contributed by atoms with van der Waals surface area (Å²) in [6, 6.07) is 1.06. The molecule has 2 saturated heterocycles. The molecule has 2 atom stereocenters. The standard InChI is InChI=1S/C14H24N2O2.ClH/c17-14(11-3-2-8-18-10-11)16(13-5-6-13)9-12-4-1-7-15-12;/h11-13,15H,1-10H2;1H. The maximum atomic E-state index is 12.6. The van der Waals surface area contributed by atoms with E-state index in [1.807, 2.05) is 0 Å². The van der Waals surface area contributed by atoms with Crippen LogP contribution in [-0.2, 0) is 9.53 Å². The smallest absolute Gasteiger partial charge is 0.228 e. The van der Waals surface area contributed by atoms with Gasteiger partial charge in [0.05, 0.1) is 12.5 Å². The first-order chi connectivity index (χ1) is 8.84. The summed E-state index contributed by atoms with van der Waals surface area (Å²) in [6.07, 6.45) is 6.93. The number of nitrogens with one attached hydrogen (secondary N) is 1. The normalized spacial score (nSPS) is 30.7. The topological polar surface area (TPSA) is 41.6 Å². The number of carbonyl (C=O) groups excluding carboxylic acids is 1. The summed E-state index contributed by atoms with van der Waals surface area (Å²) in [6.45, 7) is 3.50. The Morgan fingerprint density at radius 1 is 1.21 bits per heavy atom. The van der Waals surface area contributed by atoms with E-state index in [0.717, 1.165) is 32.5 Å². The zero-order valence-corrected chi connectivity index (χ0v) is 12.3. The molecule has 0 radical (unpaired) electrons. The van der Waals surface area contributed by atoms with Gasteiger partial charge in [-0.15, -0.1) is 12.4 Å². The van der Waals surface area contributed by atoms with E-state index >= 15 is 0 Å². The zero-order valence-electron chi connectivity index (χ0n) is 11.5. The summed E-state index contributed by atoms with van der Waals surface area (Å²) < 4.78 is 5.46. The van der Waals surface area contributed by atoms with E-state index in [2.05, 4.69) is 10.2 Å². The number of ether oxygens (including phenoxy) is 1. The van der Waals surface area contributed by atoms with Crippen molar-refractivity contribution in [1.29, 1.82) is 0 Å². The van der Waals surface area contributed by atoms with Gasteiger partial charge in [0.25, 0.3) is 0 Å². The molecule has 4 nitrogen and oxygen atoms in total. The van der Waals surface area contributed by atoms with Crippen molar-refractivity contribution in [3.63, 3.8) is 0 Å². The molecule has 2 unspecified atom stereocenters. The third kappa shape index (κ3) is 3.83. The molecule has 2 heterocycles. The van der Waals surface area contributed by atoms with Crippen molar-refractivity contribution < 1.29 is 9.53 Å². The average Bonchev–Trinajstić information content (AvgIpc) is 3.13. The molecule has 0 aromatic heterocycles. The van der Waals surface area contributed by atoms with Crippen LogP contribution in [0.15, 0.2) is 0 Å². The van der Waals surface area contributed by atoms with E-state index in [0.29, 0.717) is 24.6 Å². The molecular weight excluding hydrogens is 264 g/mol. The highest BCUT2D eigenvalue weighted by Gasteiger charge is 2.37. The number of nitrogens with zero attached hydrogens (tertiary/aromatic N) is 1. The molecule has 110 valence electrons. The quantitative estimate of drug-likeness (QED) is 0.854. The number of hydrogen-bond acceptors (Lipinski definition) is 3. The summed E-state index contributed by atoms with van der Waals surface area (Å²) in [5.74, 6) is 0.478. The maximum absolute atomic E-state index is 12.6. The molecule has 2 aliphatic heterocycles. The van der Waals surface area contributed by atoms with Crippen LogP contribution in [0, 0.1) is 5.92 Å². The van der Waals surface area contributed by atoms with Gasteiger partial charge < -0.3 is 15.0 Å². The lowest BCUT2D eigenvalue weighted by Crippen LogP contribution is -2.46. The molecule has 3 fully saturated rings. The molecule has 0 spiro atoms. The fourth-order valence-electron chi connectivity index (χ4n) is 3.13. The third-order valence-corrected chi connectivity index (χ3v) is 4.36. The Balaban J connectivity index is 0.00000133. The van der Waals surface area contributed by atoms with E-state index in [-0.39, 0.29) is 18.3 Å². The Hall–Kier alpha value is -0.320. The van der Waals surface area contributed by atoms with Crippen molar-refractivity contribution >= 4 is 18.3 Å². The average molecular weight is 289 g/mol. The van der Waals surface area contributed by atoms with E-state index in [4.69, 9.17) is 4.74 Å². The van der Waals surface area contributed by atoms with Crippen LogP contribution in [0.5, 0.6) is 0 Å². The van der Waals surface area contributed by atoms with Crippen LogP contribution in [0.1, 0.15) is 38.5 Å². The van der Waals surface area contributed by atoms with Gasteiger partial charge >= 0.3 is 0 Å². The second-order valence-corrected chi connectivity index (χ2v) is 5.93. The van der Waals surface area contributed by atoms with Gasteiger partial charge in [-0.2, -0.15) is 0 Å². The molecule has 3 aliphatic rings. The van der Waals surface area contributed by atoms with Gasteiger partial charge in [0.15, 0.2) is 0 Å². The molecule has 19 heavy (non-hydrogen) atoms. The van der Waals surface area contributed by atoms with E-state index in [1.165, 1.54) is 25.7 Å². The molecule has 1 N–H and O–H groups in total. The van der Waals surface area contributed by atoms with Gasteiger partial charge in [-0.3, -0.25) is 4.79 Å². The lowest BCUT2D eigenvalue weighted by Gasteiger charge is -2.31. The second-order valence-electron chi connectivity index (χ2n) is 5.93. The number of amides is 1.